The number of carboxylic acid groups (broad SMARTS) is 2. The van der Waals surface area contributed by atoms with Crippen LogP contribution in [-0.4, -0.2) is 65.2 Å². The van der Waals surface area contributed by atoms with Crippen molar-refractivity contribution < 1.29 is 29.0 Å². The molecule has 1 aliphatic heterocycles. The van der Waals surface area contributed by atoms with Gasteiger partial charge in [0.25, 0.3) is 0 Å². The Bertz CT molecular complexity index is 761. The Hall–Kier alpha value is -2.36. The lowest BCUT2D eigenvalue weighted by Crippen LogP contribution is -2.45. The quantitative estimate of drug-likeness (QED) is 0.664. The molecule has 1 aliphatic rings. The van der Waals surface area contributed by atoms with Crippen LogP contribution in [0, 0.1) is 0 Å². The van der Waals surface area contributed by atoms with Gasteiger partial charge in [0, 0.05) is 32.7 Å². The fourth-order valence-electron chi connectivity index (χ4n) is 2.79. The standard InChI is InChI=1S/C17H21BrN2O2.C2H2O4/c1-21-17-5-4-14(11-16(17)18)12-19-6-8-20(9-7-19)13-15-3-2-10-22-15;3-1(4)2(5)6/h2-5,10-11H,6-9,12-13H2,1H3;(H,3,4)(H,5,6). The topological polar surface area (TPSA) is 103 Å². The fraction of sp³-hybridized carbons (Fsp3) is 0.368. The molecule has 0 saturated carbocycles. The number of nitrogens with zero attached hydrogens (tertiary/aromatic N) is 2. The number of ether oxygens (including phenoxy) is 1. The van der Waals surface area contributed by atoms with Gasteiger partial charge in [-0.05, 0) is 45.8 Å². The van der Waals surface area contributed by atoms with Crippen molar-refractivity contribution in [1.82, 2.24) is 9.80 Å². The van der Waals surface area contributed by atoms with Gasteiger partial charge in [-0.25, -0.2) is 9.59 Å². The summed E-state index contributed by atoms with van der Waals surface area (Å²) in [5.74, 6) is -1.72. The van der Waals surface area contributed by atoms with Crippen molar-refractivity contribution in [1.29, 1.82) is 0 Å². The molecular formula is C19H23BrN2O6. The van der Waals surface area contributed by atoms with Crippen molar-refractivity contribution in [3.8, 4) is 5.75 Å². The normalized spacial score (nSPS) is 14.8. The molecule has 0 atom stereocenters. The van der Waals surface area contributed by atoms with E-state index in [4.69, 9.17) is 29.0 Å². The number of carboxylic acids is 2. The molecule has 0 aliphatic carbocycles. The zero-order valence-electron chi connectivity index (χ0n) is 15.5. The van der Waals surface area contributed by atoms with E-state index in [0.29, 0.717) is 0 Å². The van der Waals surface area contributed by atoms with Gasteiger partial charge in [-0.3, -0.25) is 9.80 Å². The van der Waals surface area contributed by atoms with E-state index in [1.165, 1.54) is 5.56 Å². The first-order valence-corrected chi connectivity index (χ1v) is 9.44. The molecule has 0 radical (unpaired) electrons. The summed E-state index contributed by atoms with van der Waals surface area (Å²) >= 11 is 3.55. The number of hydrogen-bond donors (Lipinski definition) is 2. The highest BCUT2D eigenvalue weighted by molar-refractivity contribution is 9.10. The molecule has 0 bridgehead atoms. The predicted molar refractivity (Wildman–Crippen MR) is 105 cm³/mol. The number of hydrogen-bond acceptors (Lipinski definition) is 6. The van der Waals surface area contributed by atoms with Gasteiger partial charge in [0.2, 0.25) is 0 Å². The second-order valence-corrected chi connectivity index (χ2v) is 7.07. The Kier molecular flexibility index (Phi) is 8.49. The number of rotatable bonds is 5. The lowest BCUT2D eigenvalue weighted by molar-refractivity contribution is -0.159. The van der Waals surface area contributed by atoms with E-state index in [2.05, 4.69) is 37.9 Å². The SMILES string of the molecule is COc1ccc(CN2CCN(Cc3ccco3)CC2)cc1Br.O=C(O)C(=O)O. The molecule has 28 heavy (non-hydrogen) atoms. The molecule has 0 spiro atoms. The third-order valence-corrected chi connectivity index (χ3v) is 4.85. The average Bonchev–Trinajstić information content (AvgIpc) is 3.17. The van der Waals surface area contributed by atoms with Gasteiger partial charge in [0.1, 0.15) is 11.5 Å². The summed E-state index contributed by atoms with van der Waals surface area (Å²) < 4.78 is 11.7. The zero-order valence-corrected chi connectivity index (χ0v) is 17.1. The molecule has 8 nitrogen and oxygen atoms in total. The molecule has 0 unspecified atom stereocenters. The summed E-state index contributed by atoms with van der Waals surface area (Å²) in [6.07, 6.45) is 1.74. The van der Waals surface area contributed by atoms with Crippen LogP contribution in [0.1, 0.15) is 11.3 Å². The van der Waals surface area contributed by atoms with Gasteiger partial charge >= 0.3 is 11.9 Å². The molecule has 1 saturated heterocycles. The summed E-state index contributed by atoms with van der Waals surface area (Å²) in [7, 11) is 1.69. The molecule has 2 N–H and O–H groups in total. The van der Waals surface area contributed by atoms with Gasteiger partial charge in [0.05, 0.1) is 24.4 Å². The first kappa shape index (κ1) is 21.9. The molecule has 2 heterocycles. The van der Waals surface area contributed by atoms with E-state index in [9.17, 15) is 0 Å². The minimum atomic E-state index is -1.82. The third kappa shape index (κ3) is 6.99. The monoisotopic (exact) mass is 454 g/mol. The summed E-state index contributed by atoms with van der Waals surface area (Å²) in [5, 5.41) is 14.8. The van der Waals surface area contributed by atoms with Crippen LogP contribution in [0.4, 0.5) is 0 Å². The summed E-state index contributed by atoms with van der Waals surface area (Å²) in [5.41, 5.74) is 1.31. The Morgan fingerprint density at radius 3 is 2.14 bits per heavy atom. The van der Waals surface area contributed by atoms with E-state index in [1.54, 1.807) is 13.4 Å². The van der Waals surface area contributed by atoms with Crippen molar-refractivity contribution in [2.45, 2.75) is 13.1 Å². The maximum atomic E-state index is 9.10. The first-order chi connectivity index (χ1) is 13.4. The molecule has 3 rings (SSSR count). The second kappa shape index (κ2) is 10.8. The fourth-order valence-corrected chi connectivity index (χ4v) is 3.38. The third-order valence-electron chi connectivity index (χ3n) is 4.23. The van der Waals surface area contributed by atoms with Gasteiger partial charge in [-0.2, -0.15) is 0 Å². The number of aliphatic carboxylic acids is 2. The lowest BCUT2D eigenvalue weighted by atomic mass is 10.2. The zero-order chi connectivity index (χ0) is 20.5. The van der Waals surface area contributed by atoms with Crippen LogP contribution in [0.15, 0.2) is 45.5 Å². The lowest BCUT2D eigenvalue weighted by Gasteiger charge is -2.34. The highest BCUT2D eigenvalue weighted by Crippen LogP contribution is 2.26. The Morgan fingerprint density at radius 2 is 1.68 bits per heavy atom. The van der Waals surface area contributed by atoms with Crippen LogP contribution < -0.4 is 4.74 Å². The van der Waals surface area contributed by atoms with Crippen molar-refractivity contribution in [2.75, 3.05) is 33.3 Å². The summed E-state index contributed by atoms with van der Waals surface area (Å²) in [6, 6.07) is 10.3. The Morgan fingerprint density at radius 1 is 1.07 bits per heavy atom. The van der Waals surface area contributed by atoms with Crippen LogP contribution in [-0.2, 0) is 22.7 Å². The number of furan rings is 1. The van der Waals surface area contributed by atoms with E-state index < -0.39 is 11.9 Å². The molecule has 1 aromatic carbocycles. The van der Waals surface area contributed by atoms with Crippen LogP contribution in [0.2, 0.25) is 0 Å². The number of carbonyl (C=O) groups is 2. The Balaban J connectivity index is 0.000000409. The minimum Gasteiger partial charge on any atom is -0.496 e. The largest absolute Gasteiger partial charge is 0.496 e. The van der Waals surface area contributed by atoms with E-state index in [-0.39, 0.29) is 0 Å². The van der Waals surface area contributed by atoms with Crippen molar-refractivity contribution >= 4 is 27.9 Å². The molecule has 152 valence electrons. The minimum absolute atomic E-state index is 0.881. The summed E-state index contributed by atoms with van der Waals surface area (Å²) in [4.78, 5) is 23.1. The number of halogens is 1. The maximum Gasteiger partial charge on any atom is 0.414 e. The van der Waals surface area contributed by atoms with Gasteiger partial charge in [-0.1, -0.05) is 6.07 Å². The highest BCUT2D eigenvalue weighted by Gasteiger charge is 2.18. The molecule has 9 heteroatoms. The van der Waals surface area contributed by atoms with E-state index in [0.717, 1.165) is 55.3 Å². The van der Waals surface area contributed by atoms with Gasteiger partial charge in [0.15, 0.2) is 0 Å². The molecule has 0 amide bonds. The maximum absolute atomic E-state index is 9.10. The smallest absolute Gasteiger partial charge is 0.414 e. The van der Waals surface area contributed by atoms with Crippen LogP contribution in [0.3, 0.4) is 0 Å². The highest BCUT2D eigenvalue weighted by atomic mass is 79.9. The molecular weight excluding hydrogens is 432 g/mol. The van der Waals surface area contributed by atoms with Crippen LogP contribution >= 0.6 is 15.9 Å². The van der Waals surface area contributed by atoms with E-state index >= 15 is 0 Å². The predicted octanol–water partition coefficient (Wildman–Crippen LogP) is 2.52. The van der Waals surface area contributed by atoms with Crippen LogP contribution in [0.5, 0.6) is 5.75 Å². The van der Waals surface area contributed by atoms with Gasteiger partial charge in [-0.15, -0.1) is 0 Å². The van der Waals surface area contributed by atoms with Gasteiger partial charge < -0.3 is 19.4 Å². The summed E-state index contributed by atoms with van der Waals surface area (Å²) in [6.45, 7) is 6.23. The number of benzene rings is 1. The second-order valence-electron chi connectivity index (χ2n) is 6.21. The van der Waals surface area contributed by atoms with E-state index in [1.807, 2.05) is 18.2 Å². The number of methoxy groups -OCH3 is 1. The van der Waals surface area contributed by atoms with Crippen molar-refractivity contribution in [2.24, 2.45) is 0 Å². The average molecular weight is 455 g/mol. The van der Waals surface area contributed by atoms with Crippen molar-refractivity contribution in [3.63, 3.8) is 0 Å². The molecule has 1 aromatic heterocycles. The van der Waals surface area contributed by atoms with Crippen LogP contribution in [0.25, 0.3) is 0 Å². The molecule has 2 aromatic rings. The Labute approximate surface area is 171 Å². The molecule has 1 fully saturated rings. The first-order valence-electron chi connectivity index (χ1n) is 8.64. The van der Waals surface area contributed by atoms with Crippen molar-refractivity contribution in [3.05, 3.63) is 52.4 Å². The number of piperazine rings is 1.